The lowest BCUT2D eigenvalue weighted by Gasteiger charge is -2.24. The van der Waals surface area contributed by atoms with Gasteiger partial charge in [0.05, 0.1) is 7.11 Å². The summed E-state index contributed by atoms with van der Waals surface area (Å²) in [5.74, 6) is 0.305. The van der Waals surface area contributed by atoms with E-state index in [0.29, 0.717) is 24.4 Å². The minimum Gasteiger partial charge on any atom is -0.497 e. The Kier molecular flexibility index (Phi) is 6.42. The lowest BCUT2D eigenvalue weighted by atomic mass is 10.1. The number of aliphatic hydroxyl groups is 1. The number of rotatable bonds is 7. The van der Waals surface area contributed by atoms with Crippen LogP contribution in [0.1, 0.15) is 24.2 Å². The van der Waals surface area contributed by atoms with Gasteiger partial charge in [0.25, 0.3) is 5.91 Å². The van der Waals surface area contributed by atoms with Crippen LogP contribution in [0, 0.1) is 0 Å². The van der Waals surface area contributed by atoms with Gasteiger partial charge in [-0.05, 0) is 42.3 Å². The Hall–Kier alpha value is -2.53. The molecule has 1 N–H and O–H groups in total. The van der Waals surface area contributed by atoms with Gasteiger partial charge in [-0.25, -0.2) is 0 Å². The number of hydrogen-bond donors (Lipinski definition) is 1. The smallest absolute Gasteiger partial charge is 0.256 e. The third kappa shape index (κ3) is 4.73. The summed E-state index contributed by atoms with van der Waals surface area (Å²) >= 11 is 0. The van der Waals surface area contributed by atoms with Crippen LogP contribution in [0.3, 0.4) is 0 Å². The summed E-state index contributed by atoms with van der Waals surface area (Å²) in [5.41, 5.74) is 2.67. The Balaban J connectivity index is 2.11. The summed E-state index contributed by atoms with van der Waals surface area (Å²) in [6, 6.07) is 15.0. The largest absolute Gasteiger partial charge is 0.497 e. The molecule has 0 heterocycles. The van der Waals surface area contributed by atoms with Crippen molar-refractivity contribution in [3.8, 4) is 5.75 Å². The molecule has 0 radical (unpaired) electrons. The van der Waals surface area contributed by atoms with Crippen LogP contribution in [-0.2, 0) is 11.3 Å². The minimum atomic E-state index is -1.20. The standard InChI is InChI=1S/C20H26N2O3/c1-5-22(14-15-9-11-17(12-10-15)21(2)3)20(24)19(23)16-7-6-8-18(13-16)25-4/h6-13,19,23H,5,14H2,1-4H3. The van der Waals surface area contributed by atoms with Crippen molar-refractivity contribution in [2.75, 3.05) is 32.6 Å². The number of amides is 1. The van der Waals surface area contributed by atoms with Gasteiger partial charge in [-0.15, -0.1) is 0 Å². The van der Waals surface area contributed by atoms with Crippen LogP contribution >= 0.6 is 0 Å². The maximum absolute atomic E-state index is 12.7. The lowest BCUT2D eigenvalue weighted by molar-refractivity contribution is -0.141. The van der Waals surface area contributed by atoms with Crippen LogP contribution < -0.4 is 9.64 Å². The number of methoxy groups -OCH3 is 1. The predicted octanol–water partition coefficient (Wildman–Crippen LogP) is 2.84. The molecule has 0 aliphatic carbocycles. The third-order valence-electron chi connectivity index (χ3n) is 4.16. The molecule has 0 aliphatic rings. The Bertz CT molecular complexity index is 698. The van der Waals surface area contributed by atoms with Gasteiger partial charge in [-0.3, -0.25) is 4.79 Å². The highest BCUT2D eigenvalue weighted by atomic mass is 16.5. The molecule has 2 rings (SSSR count). The Morgan fingerprint density at radius 2 is 1.84 bits per heavy atom. The average molecular weight is 342 g/mol. The van der Waals surface area contributed by atoms with E-state index < -0.39 is 6.10 Å². The highest BCUT2D eigenvalue weighted by molar-refractivity contribution is 5.82. The quantitative estimate of drug-likeness (QED) is 0.841. The van der Waals surface area contributed by atoms with Crippen LogP contribution in [0.5, 0.6) is 5.75 Å². The lowest BCUT2D eigenvalue weighted by Crippen LogP contribution is -2.34. The molecule has 1 amide bonds. The number of carbonyl (C=O) groups excluding carboxylic acids is 1. The predicted molar refractivity (Wildman–Crippen MR) is 99.8 cm³/mol. The second-order valence-electron chi connectivity index (χ2n) is 6.09. The van der Waals surface area contributed by atoms with Crippen molar-refractivity contribution < 1.29 is 14.6 Å². The fraction of sp³-hybridized carbons (Fsp3) is 0.350. The molecule has 0 aromatic heterocycles. The topological polar surface area (TPSA) is 53.0 Å². The maximum atomic E-state index is 12.7. The molecule has 0 saturated carbocycles. The second-order valence-corrected chi connectivity index (χ2v) is 6.09. The van der Waals surface area contributed by atoms with E-state index in [1.807, 2.05) is 50.2 Å². The molecule has 5 heteroatoms. The van der Waals surface area contributed by atoms with E-state index >= 15 is 0 Å². The van der Waals surface area contributed by atoms with E-state index in [4.69, 9.17) is 4.74 Å². The molecular weight excluding hydrogens is 316 g/mol. The molecule has 1 atom stereocenters. The first-order valence-electron chi connectivity index (χ1n) is 8.33. The minimum absolute atomic E-state index is 0.313. The fourth-order valence-electron chi connectivity index (χ4n) is 2.59. The number of carbonyl (C=O) groups is 1. The number of nitrogens with zero attached hydrogens (tertiary/aromatic N) is 2. The molecule has 2 aromatic carbocycles. The van der Waals surface area contributed by atoms with Gasteiger partial charge in [0, 0.05) is 32.9 Å². The molecule has 0 fully saturated rings. The molecule has 0 saturated heterocycles. The van der Waals surface area contributed by atoms with Crippen LogP contribution in [0.4, 0.5) is 5.69 Å². The average Bonchev–Trinajstić information content (AvgIpc) is 2.65. The van der Waals surface area contributed by atoms with Crippen LogP contribution in [0.15, 0.2) is 48.5 Å². The number of benzene rings is 2. The molecule has 0 bridgehead atoms. The first kappa shape index (κ1) is 18.8. The summed E-state index contributed by atoms with van der Waals surface area (Å²) < 4.78 is 5.16. The van der Waals surface area contributed by atoms with E-state index in [-0.39, 0.29) is 5.91 Å². The van der Waals surface area contributed by atoms with Crippen molar-refractivity contribution in [1.82, 2.24) is 4.90 Å². The van der Waals surface area contributed by atoms with E-state index in [1.54, 1.807) is 36.3 Å². The zero-order chi connectivity index (χ0) is 18.4. The molecule has 1 unspecified atom stereocenters. The summed E-state index contributed by atoms with van der Waals surface area (Å²) in [6.07, 6.45) is -1.20. The Morgan fingerprint density at radius 1 is 1.16 bits per heavy atom. The van der Waals surface area contributed by atoms with Crippen molar-refractivity contribution in [1.29, 1.82) is 0 Å². The first-order valence-corrected chi connectivity index (χ1v) is 8.33. The summed E-state index contributed by atoms with van der Waals surface area (Å²) in [5, 5.41) is 10.5. The van der Waals surface area contributed by atoms with Crippen molar-refractivity contribution in [2.45, 2.75) is 19.6 Å². The van der Waals surface area contributed by atoms with Gasteiger partial charge < -0.3 is 19.6 Å². The second kappa shape index (κ2) is 8.53. The molecule has 2 aromatic rings. The monoisotopic (exact) mass is 342 g/mol. The highest BCUT2D eigenvalue weighted by Gasteiger charge is 2.23. The van der Waals surface area contributed by atoms with Crippen molar-refractivity contribution in [3.63, 3.8) is 0 Å². The van der Waals surface area contributed by atoms with Gasteiger partial charge >= 0.3 is 0 Å². The van der Waals surface area contributed by atoms with E-state index in [2.05, 4.69) is 0 Å². The normalized spacial score (nSPS) is 11.7. The maximum Gasteiger partial charge on any atom is 0.256 e. The van der Waals surface area contributed by atoms with Crippen LogP contribution in [0.2, 0.25) is 0 Å². The zero-order valence-electron chi connectivity index (χ0n) is 15.3. The Labute approximate surface area is 149 Å². The first-order chi connectivity index (χ1) is 12.0. The molecule has 0 aliphatic heterocycles. The van der Waals surface area contributed by atoms with Gasteiger partial charge in [0.2, 0.25) is 0 Å². The van der Waals surface area contributed by atoms with Crippen LogP contribution in [0.25, 0.3) is 0 Å². The SMILES string of the molecule is CCN(Cc1ccc(N(C)C)cc1)C(=O)C(O)c1cccc(OC)c1. The van der Waals surface area contributed by atoms with Crippen molar-refractivity contribution in [2.24, 2.45) is 0 Å². The van der Waals surface area contributed by atoms with Gasteiger partial charge in [-0.1, -0.05) is 24.3 Å². The number of aliphatic hydroxyl groups excluding tert-OH is 1. The summed E-state index contributed by atoms with van der Waals surface area (Å²) in [4.78, 5) is 16.4. The van der Waals surface area contributed by atoms with E-state index in [0.717, 1.165) is 11.3 Å². The number of likely N-dealkylation sites (N-methyl/N-ethyl adjacent to an activating group) is 1. The third-order valence-corrected chi connectivity index (χ3v) is 4.16. The molecule has 5 nitrogen and oxygen atoms in total. The number of hydrogen-bond acceptors (Lipinski definition) is 4. The fourth-order valence-corrected chi connectivity index (χ4v) is 2.59. The molecule has 134 valence electrons. The van der Waals surface area contributed by atoms with Gasteiger partial charge in [0.15, 0.2) is 6.10 Å². The van der Waals surface area contributed by atoms with E-state index in [1.165, 1.54) is 0 Å². The summed E-state index contributed by atoms with van der Waals surface area (Å²) in [7, 11) is 5.53. The van der Waals surface area contributed by atoms with Gasteiger partial charge in [0.1, 0.15) is 5.75 Å². The molecule has 25 heavy (non-hydrogen) atoms. The molecule has 0 spiro atoms. The van der Waals surface area contributed by atoms with Gasteiger partial charge in [-0.2, -0.15) is 0 Å². The van der Waals surface area contributed by atoms with Crippen molar-refractivity contribution >= 4 is 11.6 Å². The zero-order valence-corrected chi connectivity index (χ0v) is 15.3. The van der Waals surface area contributed by atoms with Crippen molar-refractivity contribution in [3.05, 3.63) is 59.7 Å². The number of anilines is 1. The molecular formula is C20H26N2O3. The summed E-state index contributed by atoms with van der Waals surface area (Å²) in [6.45, 7) is 2.89. The van der Waals surface area contributed by atoms with Crippen LogP contribution in [-0.4, -0.2) is 43.7 Å². The number of ether oxygens (including phenoxy) is 1. The highest BCUT2D eigenvalue weighted by Crippen LogP contribution is 2.22. The van der Waals surface area contributed by atoms with E-state index in [9.17, 15) is 9.90 Å². The Morgan fingerprint density at radius 3 is 2.40 bits per heavy atom.